The van der Waals surface area contributed by atoms with Crippen LogP contribution in [0.2, 0.25) is 0 Å². The molecule has 2 aromatic rings. The first-order valence-electron chi connectivity index (χ1n) is 7.17. The second-order valence-electron chi connectivity index (χ2n) is 5.33. The van der Waals surface area contributed by atoms with Gasteiger partial charge in [-0.15, -0.1) is 22.9 Å². The van der Waals surface area contributed by atoms with Crippen LogP contribution in [0.25, 0.3) is 10.1 Å². The van der Waals surface area contributed by atoms with Crippen LogP contribution in [0.3, 0.4) is 0 Å². The van der Waals surface area contributed by atoms with Crippen molar-refractivity contribution >= 4 is 43.0 Å². The van der Waals surface area contributed by atoms with Crippen molar-refractivity contribution in [2.45, 2.75) is 43.0 Å². The summed E-state index contributed by atoms with van der Waals surface area (Å²) in [6, 6.07) is 7.82. The maximum absolute atomic E-state index is 13.1. The minimum atomic E-state index is -3.47. The molecule has 6 heteroatoms. The lowest BCUT2D eigenvalue weighted by Gasteiger charge is -2.21. The molecule has 0 spiro atoms. The Morgan fingerprint density at radius 1 is 1.33 bits per heavy atom. The molecule has 3 rings (SSSR count). The topological polar surface area (TPSA) is 37.4 Å². The Bertz CT molecular complexity index is 750. The molecule has 0 atom stereocenters. The number of rotatable bonds is 6. The zero-order valence-electron chi connectivity index (χ0n) is 11.9. The lowest BCUT2D eigenvalue weighted by Crippen LogP contribution is -2.34. The quantitative estimate of drug-likeness (QED) is 0.737. The molecule has 1 aliphatic carbocycles. The van der Waals surface area contributed by atoms with Gasteiger partial charge in [-0.1, -0.05) is 25.1 Å². The van der Waals surface area contributed by atoms with Gasteiger partial charge in [-0.05, 0) is 25.3 Å². The normalized spacial score (nSPS) is 16.0. The fraction of sp³-hybridized carbons (Fsp3) is 0.467. The van der Waals surface area contributed by atoms with Crippen LogP contribution in [0, 0.1) is 0 Å². The van der Waals surface area contributed by atoms with Crippen LogP contribution >= 0.6 is 22.9 Å². The van der Waals surface area contributed by atoms with Crippen molar-refractivity contribution in [2.75, 3.05) is 6.54 Å². The number of halogens is 1. The van der Waals surface area contributed by atoms with Crippen molar-refractivity contribution < 1.29 is 8.42 Å². The number of hydrogen-bond acceptors (Lipinski definition) is 3. The molecule has 0 unspecified atom stereocenters. The van der Waals surface area contributed by atoms with E-state index < -0.39 is 10.0 Å². The van der Waals surface area contributed by atoms with Crippen molar-refractivity contribution in [3.8, 4) is 0 Å². The number of alkyl halides is 1. The van der Waals surface area contributed by atoms with E-state index in [0.29, 0.717) is 11.4 Å². The zero-order valence-corrected chi connectivity index (χ0v) is 14.3. The Labute approximate surface area is 134 Å². The van der Waals surface area contributed by atoms with E-state index in [2.05, 4.69) is 0 Å². The third-order valence-electron chi connectivity index (χ3n) is 3.70. The molecule has 0 saturated heterocycles. The highest BCUT2D eigenvalue weighted by Gasteiger charge is 2.39. The summed E-state index contributed by atoms with van der Waals surface area (Å²) < 4.78 is 28.9. The van der Waals surface area contributed by atoms with Crippen molar-refractivity contribution in [2.24, 2.45) is 0 Å². The molecule has 1 aliphatic rings. The monoisotopic (exact) mass is 343 g/mol. The Morgan fingerprint density at radius 2 is 2.05 bits per heavy atom. The summed E-state index contributed by atoms with van der Waals surface area (Å²) in [7, 11) is -3.47. The van der Waals surface area contributed by atoms with E-state index in [4.69, 9.17) is 11.6 Å². The number of fused-ring (bicyclic) bond motifs is 1. The van der Waals surface area contributed by atoms with Gasteiger partial charge in [0.1, 0.15) is 4.90 Å². The summed E-state index contributed by atoms with van der Waals surface area (Å²) in [6.45, 7) is 2.60. The van der Waals surface area contributed by atoms with E-state index in [1.807, 2.05) is 31.2 Å². The van der Waals surface area contributed by atoms with Gasteiger partial charge in [0.05, 0.1) is 5.88 Å². The van der Waals surface area contributed by atoms with Gasteiger partial charge in [0.15, 0.2) is 0 Å². The number of sulfonamides is 1. The lowest BCUT2D eigenvalue weighted by molar-refractivity contribution is 0.403. The molecule has 1 fully saturated rings. The molecule has 0 bridgehead atoms. The number of nitrogens with zero attached hydrogens (tertiary/aromatic N) is 1. The first-order chi connectivity index (χ1) is 10.1. The molecule has 1 saturated carbocycles. The number of thiophene rings is 1. The van der Waals surface area contributed by atoms with Crippen LogP contribution in [0.4, 0.5) is 0 Å². The van der Waals surface area contributed by atoms with Crippen molar-refractivity contribution in [1.82, 2.24) is 4.31 Å². The van der Waals surface area contributed by atoms with Gasteiger partial charge in [-0.3, -0.25) is 0 Å². The average Bonchev–Trinajstić information content (AvgIpc) is 3.22. The van der Waals surface area contributed by atoms with E-state index in [0.717, 1.165) is 34.2 Å². The van der Waals surface area contributed by atoms with E-state index in [9.17, 15) is 8.42 Å². The molecule has 114 valence electrons. The van der Waals surface area contributed by atoms with Gasteiger partial charge in [0.25, 0.3) is 0 Å². The molecule has 1 aromatic heterocycles. The third-order valence-corrected chi connectivity index (χ3v) is 7.51. The van der Waals surface area contributed by atoms with Crippen molar-refractivity contribution in [3.63, 3.8) is 0 Å². The molecule has 0 amide bonds. The Hall–Kier alpha value is -0.620. The molecular weight excluding hydrogens is 326 g/mol. The van der Waals surface area contributed by atoms with E-state index in [1.54, 1.807) is 4.31 Å². The fourth-order valence-electron chi connectivity index (χ4n) is 2.64. The number of benzene rings is 1. The second-order valence-corrected chi connectivity index (χ2v) is 8.56. The highest BCUT2D eigenvalue weighted by atomic mass is 35.5. The first-order valence-corrected chi connectivity index (χ1v) is 9.97. The molecular formula is C15H18ClNO2S2. The predicted molar refractivity (Wildman–Crippen MR) is 88.6 cm³/mol. The molecule has 0 N–H and O–H groups in total. The summed E-state index contributed by atoms with van der Waals surface area (Å²) in [5.74, 6) is 0.235. The highest BCUT2D eigenvalue weighted by molar-refractivity contribution is 7.89. The molecule has 21 heavy (non-hydrogen) atoms. The summed E-state index contributed by atoms with van der Waals surface area (Å²) >= 11 is 7.49. The van der Waals surface area contributed by atoms with Crippen LogP contribution in [-0.2, 0) is 15.9 Å². The average molecular weight is 344 g/mol. The van der Waals surface area contributed by atoms with Gasteiger partial charge in [0.2, 0.25) is 10.0 Å². The van der Waals surface area contributed by atoms with Gasteiger partial charge in [0, 0.05) is 27.5 Å². The molecule has 1 heterocycles. The van der Waals surface area contributed by atoms with Crippen LogP contribution < -0.4 is 0 Å². The van der Waals surface area contributed by atoms with Crippen LogP contribution in [-0.4, -0.2) is 25.3 Å². The van der Waals surface area contributed by atoms with E-state index >= 15 is 0 Å². The largest absolute Gasteiger partial charge is 0.245 e. The number of hydrogen-bond donors (Lipinski definition) is 0. The summed E-state index contributed by atoms with van der Waals surface area (Å²) in [5.41, 5.74) is 0. The zero-order chi connectivity index (χ0) is 15.0. The van der Waals surface area contributed by atoms with Crippen LogP contribution in [0.5, 0.6) is 0 Å². The Balaban J connectivity index is 2.17. The summed E-state index contributed by atoms with van der Waals surface area (Å²) in [4.78, 5) is 1.18. The van der Waals surface area contributed by atoms with Gasteiger partial charge in [-0.2, -0.15) is 4.31 Å². The predicted octanol–water partition coefficient (Wildman–Crippen LogP) is 4.20. The van der Waals surface area contributed by atoms with Gasteiger partial charge < -0.3 is 0 Å². The molecule has 0 radical (unpaired) electrons. The molecule has 3 nitrogen and oxygen atoms in total. The maximum Gasteiger partial charge on any atom is 0.245 e. The van der Waals surface area contributed by atoms with Gasteiger partial charge >= 0.3 is 0 Å². The van der Waals surface area contributed by atoms with Crippen LogP contribution in [0.15, 0.2) is 29.2 Å². The second kappa shape index (κ2) is 5.88. The highest BCUT2D eigenvalue weighted by Crippen LogP contribution is 2.40. The smallest absolute Gasteiger partial charge is 0.207 e. The SMILES string of the molecule is CCCN(C1CC1)S(=O)(=O)c1c(CCl)sc2ccccc12. The minimum Gasteiger partial charge on any atom is -0.207 e. The third kappa shape index (κ3) is 2.72. The fourth-order valence-corrected chi connectivity index (χ4v) is 6.55. The minimum absolute atomic E-state index is 0.178. The van der Waals surface area contributed by atoms with Crippen molar-refractivity contribution in [3.05, 3.63) is 29.1 Å². The Kier molecular flexibility index (Phi) is 4.28. The lowest BCUT2D eigenvalue weighted by atomic mass is 10.2. The van der Waals surface area contributed by atoms with E-state index in [1.165, 1.54) is 11.3 Å². The Morgan fingerprint density at radius 3 is 2.67 bits per heavy atom. The molecule has 1 aromatic carbocycles. The van der Waals surface area contributed by atoms with Crippen molar-refractivity contribution in [1.29, 1.82) is 0 Å². The van der Waals surface area contributed by atoms with Crippen LogP contribution in [0.1, 0.15) is 31.1 Å². The maximum atomic E-state index is 13.1. The summed E-state index contributed by atoms with van der Waals surface area (Å²) in [6.07, 6.45) is 2.77. The summed E-state index contributed by atoms with van der Waals surface area (Å²) in [5, 5.41) is 0.805. The molecule has 0 aliphatic heterocycles. The van der Waals surface area contributed by atoms with Gasteiger partial charge in [-0.25, -0.2) is 8.42 Å². The van der Waals surface area contributed by atoms with E-state index in [-0.39, 0.29) is 11.9 Å². The standard InChI is InChI=1S/C15H18ClNO2S2/c1-2-9-17(11-7-8-11)21(18,19)15-12-5-3-4-6-13(12)20-14(15)10-16/h3-6,11H,2,7-10H2,1H3. The first kappa shape index (κ1) is 15.3.